The molecule has 0 N–H and O–H groups in total. The average molecular weight is 976 g/mol. The molecule has 0 aliphatic rings. The van der Waals surface area contributed by atoms with Crippen LogP contribution in [-0.2, 0) is 28.6 Å². The number of hydrogen-bond donors (Lipinski definition) is 0. The van der Waals surface area contributed by atoms with Gasteiger partial charge in [0, 0.05) is 19.3 Å². The number of unbranched alkanes of at least 4 members (excludes halogenated alkanes) is 45. The van der Waals surface area contributed by atoms with Crippen molar-refractivity contribution in [2.45, 2.75) is 368 Å². The van der Waals surface area contributed by atoms with Crippen molar-refractivity contribution in [3.05, 3.63) is 0 Å². The predicted octanol–water partition coefficient (Wildman–Crippen LogP) is 21.0. The van der Waals surface area contributed by atoms with Crippen LogP contribution in [0, 0.1) is 5.92 Å². The summed E-state index contributed by atoms with van der Waals surface area (Å²) in [5.74, 6) is 0.0281. The molecule has 0 radical (unpaired) electrons. The van der Waals surface area contributed by atoms with Crippen LogP contribution >= 0.6 is 0 Å². The van der Waals surface area contributed by atoms with Gasteiger partial charge in [-0.15, -0.1) is 0 Å². The van der Waals surface area contributed by atoms with E-state index in [0.717, 1.165) is 63.7 Å². The van der Waals surface area contributed by atoms with Crippen molar-refractivity contribution < 1.29 is 28.6 Å². The number of hydrogen-bond acceptors (Lipinski definition) is 6. The van der Waals surface area contributed by atoms with E-state index in [-0.39, 0.29) is 31.1 Å². The highest BCUT2D eigenvalue weighted by Gasteiger charge is 2.19. The van der Waals surface area contributed by atoms with Gasteiger partial charge in [0.15, 0.2) is 6.10 Å². The zero-order valence-electron chi connectivity index (χ0n) is 47.3. The summed E-state index contributed by atoms with van der Waals surface area (Å²) in [6, 6.07) is 0. The minimum atomic E-state index is -0.762. The van der Waals surface area contributed by atoms with Gasteiger partial charge >= 0.3 is 17.9 Å². The number of ether oxygens (including phenoxy) is 3. The van der Waals surface area contributed by atoms with Crippen LogP contribution in [-0.4, -0.2) is 37.2 Å². The van der Waals surface area contributed by atoms with Crippen molar-refractivity contribution >= 4 is 17.9 Å². The average Bonchev–Trinajstić information content (AvgIpc) is 3.34. The molecule has 6 heteroatoms. The van der Waals surface area contributed by atoms with Crippen molar-refractivity contribution in [3.8, 4) is 0 Å². The first-order chi connectivity index (χ1) is 33.9. The van der Waals surface area contributed by atoms with Crippen molar-refractivity contribution in [1.29, 1.82) is 0 Å². The molecule has 0 saturated carbocycles. The van der Waals surface area contributed by atoms with E-state index >= 15 is 0 Å². The van der Waals surface area contributed by atoms with Crippen LogP contribution in [0.15, 0.2) is 0 Å². The number of esters is 3. The highest BCUT2D eigenvalue weighted by atomic mass is 16.6. The van der Waals surface area contributed by atoms with Gasteiger partial charge in [0.05, 0.1) is 0 Å². The zero-order valence-corrected chi connectivity index (χ0v) is 47.3. The fraction of sp³-hybridized carbons (Fsp3) is 0.952. The van der Waals surface area contributed by atoms with E-state index < -0.39 is 6.10 Å². The molecule has 410 valence electrons. The molecule has 0 unspecified atom stereocenters. The first-order valence-electron chi connectivity index (χ1n) is 31.4. The number of carbonyl (C=O) groups excluding carboxylic acids is 3. The Morgan fingerprint density at radius 2 is 0.478 bits per heavy atom. The minimum absolute atomic E-state index is 0.0614. The van der Waals surface area contributed by atoms with Crippen LogP contribution in [0.2, 0.25) is 0 Å². The molecule has 0 aliphatic heterocycles. The van der Waals surface area contributed by atoms with E-state index in [2.05, 4.69) is 27.7 Å². The van der Waals surface area contributed by atoms with Crippen LogP contribution in [0.1, 0.15) is 362 Å². The van der Waals surface area contributed by atoms with Crippen molar-refractivity contribution in [2.24, 2.45) is 5.92 Å². The summed E-state index contributed by atoms with van der Waals surface area (Å²) in [4.78, 5) is 38.2. The Balaban J connectivity index is 4.19. The van der Waals surface area contributed by atoms with Crippen LogP contribution < -0.4 is 0 Å². The molecule has 0 bridgehead atoms. The molecule has 6 nitrogen and oxygen atoms in total. The molecule has 0 aliphatic carbocycles. The second kappa shape index (κ2) is 57.3. The van der Waals surface area contributed by atoms with Crippen LogP contribution in [0.25, 0.3) is 0 Å². The summed E-state index contributed by atoms with van der Waals surface area (Å²) >= 11 is 0. The summed E-state index contributed by atoms with van der Waals surface area (Å²) < 4.78 is 16.9. The van der Waals surface area contributed by atoms with Gasteiger partial charge in [-0.25, -0.2) is 0 Å². The van der Waals surface area contributed by atoms with Crippen LogP contribution in [0.3, 0.4) is 0 Å². The highest BCUT2D eigenvalue weighted by molar-refractivity contribution is 5.71. The molecular formula is C63H122O6. The molecule has 0 fully saturated rings. The topological polar surface area (TPSA) is 78.9 Å². The lowest BCUT2D eigenvalue weighted by Gasteiger charge is -2.18. The van der Waals surface area contributed by atoms with Gasteiger partial charge in [0.1, 0.15) is 13.2 Å². The first-order valence-corrected chi connectivity index (χ1v) is 31.4. The number of rotatable bonds is 58. The molecular weight excluding hydrogens is 853 g/mol. The molecule has 0 spiro atoms. The number of carbonyl (C=O) groups is 3. The van der Waals surface area contributed by atoms with Gasteiger partial charge in [-0.05, 0) is 25.2 Å². The standard InChI is InChI=1S/C63H122O6/c1-5-7-9-11-13-15-17-18-19-20-21-25-28-31-35-38-42-46-50-54-61(64)67-57-60(69-63(66)56-52-48-44-40-33-16-14-12-10-8-6-2)58-68-62(65)55-51-47-43-39-36-32-29-26-23-22-24-27-30-34-37-41-45-49-53-59(3)4/h59-60H,5-58H2,1-4H3/t60-/m1/s1. The second-order valence-electron chi connectivity index (χ2n) is 22.2. The molecule has 0 heterocycles. The van der Waals surface area contributed by atoms with Gasteiger partial charge in [-0.2, -0.15) is 0 Å². The van der Waals surface area contributed by atoms with Gasteiger partial charge < -0.3 is 14.2 Å². The van der Waals surface area contributed by atoms with Gasteiger partial charge in [0.2, 0.25) is 0 Å². The molecule has 69 heavy (non-hydrogen) atoms. The van der Waals surface area contributed by atoms with Crippen molar-refractivity contribution in [3.63, 3.8) is 0 Å². The largest absolute Gasteiger partial charge is 0.462 e. The maximum absolute atomic E-state index is 12.8. The second-order valence-corrected chi connectivity index (χ2v) is 22.2. The maximum atomic E-state index is 12.8. The third kappa shape index (κ3) is 57.2. The van der Waals surface area contributed by atoms with E-state index in [1.54, 1.807) is 0 Å². The summed E-state index contributed by atoms with van der Waals surface area (Å²) in [5, 5.41) is 0. The summed E-state index contributed by atoms with van der Waals surface area (Å²) in [7, 11) is 0. The summed E-state index contributed by atoms with van der Waals surface area (Å²) in [6.07, 6.45) is 63.9. The van der Waals surface area contributed by atoms with Gasteiger partial charge in [-0.3, -0.25) is 14.4 Å². The van der Waals surface area contributed by atoms with Crippen LogP contribution in [0.5, 0.6) is 0 Å². The Morgan fingerprint density at radius 3 is 0.710 bits per heavy atom. The Bertz CT molecular complexity index is 1040. The summed E-state index contributed by atoms with van der Waals surface area (Å²) in [5.41, 5.74) is 0. The Morgan fingerprint density at radius 1 is 0.275 bits per heavy atom. The monoisotopic (exact) mass is 975 g/mol. The highest BCUT2D eigenvalue weighted by Crippen LogP contribution is 2.19. The normalized spacial score (nSPS) is 12.0. The third-order valence-corrected chi connectivity index (χ3v) is 14.5. The SMILES string of the molecule is CCCCCCCCCCCCCCCCCCCCCC(=O)OC[C@H](COC(=O)CCCCCCCCCCCCCCCCCCCCC(C)C)OC(=O)CCCCCCCCCCCCC. The zero-order chi connectivity index (χ0) is 50.2. The molecule has 0 saturated heterocycles. The molecule has 0 aromatic carbocycles. The minimum Gasteiger partial charge on any atom is -0.462 e. The smallest absolute Gasteiger partial charge is 0.306 e. The maximum Gasteiger partial charge on any atom is 0.306 e. The quantitative estimate of drug-likeness (QED) is 0.0343. The fourth-order valence-corrected chi connectivity index (χ4v) is 9.81. The van der Waals surface area contributed by atoms with E-state index in [4.69, 9.17) is 14.2 Å². The molecule has 1 atom stereocenters. The summed E-state index contributed by atoms with van der Waals surface area (Å²) in [6.45, 7) is 9.09. The van der Waals surface area contributed by atoms with E-state index in [9.17, 15) is 14.4 Å². The molecule has 0 rings (SSSR count). The lowest BCUT2D eigenvalue weighted by molar-refractivity contribution is -0.167. The van der Waals surface area contributed by atoms with Gasteiger partial charge in [0.25, 0.3) is 0 Å². The van der Waals surface area contributed by atoms with E-state index in [1.807, 2.05) is 0 Å². The Kier molecular flexibility index (Phi) is 56.0. The Labute approximate surface area is 431 Å². The van der Waals surface area contributed by atoms with Crippen molar-refractivity contribution in [1.82, 2.24) is 0 Å². The lowest BCUT2D eigenvalue weighted by atomic mass is 10.0. The fourth-order valence-electron chi connectivity index (χ4n) is 9.81. The molecule has 0 aromatic heterocycles. The van der Waals surface area contributed by atoms with Crippen molar-refractivity contribution in [2.75, 3.05) is 13.2 Å². The van der Waals surface area contributed by atoms with E-state index in [1.165, 1.54) is 257 Å². The Hall–Kier alpha value is -1.59. The van der Waals surface area contributed by atoms with Crippen LogP contribution in [0.4, 0.5) is 0 Å². The lowest BCUT2D eigenvalue weighted by Crippen LogP contribution is -2.30. The van der Waals surface area contributed by atoms with Gasteiger partial charge in [-0.1, -0.05) is 323 Å². The van der Waals surface area contributed by atoms with E-state index in [0.29, 0.717) is 19.3 Å². The predicted molar refractivity (Wildman–Crippen MR) is 298 cm³/mol. The third-order valence-electron chi connectivity index (χ3n) is 14.5. The molecule has 0 aromatic rings. The first kappa shape index (κ1) is 67.4. The molecule has 0 amide bonds.